The fourth-order valence-corrected chi connectivity index (χ4v) is 2.44. The number of carbonyl (C=O) groups excluding carboxylic acids is 1. The first kappa shape index (κ1) is 17.5. The van der Waals surface area contributed by atoms with E-state index in [1.807, 2.05) is 31.2 Å². The van der Waals surface area contributed by atoms with Crippen LogP contribution in [-0.2, 0) is 0 Å². The first-order valence-electron chi connectivity index (χ1n) is 7.60. The summed E-state index contributed by atoms with van der Waals surface area (Å²) >= 11 is 0. The Kier molecular flexibility index (Phi) is 4.66. The van der Waals surface area contributed by atoms with E-state index in [1.54, 1.807) is 6.07 Å². The van der Waals surface area contributed by atoms with E-state index in [1.165, 1.54) is 12.1 Å². The molecule has 1 aromatic heterocycles. The predicted molar refractivity (Wildman–Crippen MR) is 92.2 cm³/mol. The number of urea groups is 1. The molecule has 5 nitrogen and oxygen atoms in total. The lowest BCUT2D eigenvalue weighted by atomic mass is 10.1. The van der Waals surface area contributed by atoms with Gasteiger partial charge in [0.15, 0.2) is 0 Å². The molecule has 3 rings (SSSR count). The molecule has 0 unspecified atom stereocenters. The number of carbonyl (C=O) groups is 1. The van der Waals surface area contributed by atoms with E-state index in [0.29, 0.717) is 11.4 Å². The molecule has 0 bridgehead atoms. The molecule has 0 radical (unpaired) electrons. The number of rotatable bonds is 3. The number of nitrogens with one attached hydrogen (secondary N) is 2. The molecule has 0 aliphatic rings. The number of aromatic nitrogens is 1. The normalized spacial score (nSPS) is 11.2. The average Bonchev–Trinajstić information content (AvgIpc) is 2.55. The molecule has 0 saturated carbocycles. The van der Waals surface area contributed by atoms with E-state index in [4.69, 9.17) is 0 Å². The first-order valence-corrected chi connectivity index (χ1v) is 7.60. The molecular weight excluding hydrogens is 347 g/mol. The van der Waals surface area contributed by atoms with Gasteiger partial charge in [0.2, 0.25) is 0 Å². The molecule has 26 heavy (non-hydrogen) atoms. The minimum Gasteiger partial charge on any atom is -0.406 e. The van der Waals surface area contributed by atoms with Gasteiger partial charge in [0.25, 0.3) is 0 Å². The van der Waals surface area contributed by atoms with Crippen molar-refractivity contribution >= 4 is 28.3 Å². The van der Waals surface area contributed by atoms with E-state index in [2.05, 4.69) is 20.4 Å². The Morgan fingerprint density at radius 1 is 1.04 bits per heavy atom. The van der Waals surface area contributed by atoms with Gasteiger partial charge in [-0.05, 0) is 43.3 Å². The van der Waals surface area contributed by atoms with Crippen LogP contribution in [0.15, 0.2) is 54.6 Å². The van der Waals surface area contributed by atoms with Crippen LogP contribution < -0.4 is 15.4 Å². The maximum absolute atomic E-state index is 12.2. The second-order valence-electron chi connectivity index (χ2n) is 5.48. The Bertz CT molecular complexity index is 941. The van der Waals surface area contributed by atoms with Crippen molar-refractivity contribution in [3.05, 3.63) is 60.3 Å². The van der Waals surface area contributed by atoms with Crippen LogP contribution in [0.3, 0.4) is 0 Å². The molecule has 0 saturated heterocycles. The van der Waals surface area contributed by atoms with Crippen molar-refractivity contribution in [3.63, 3.8) is 0 Å². The van der Waals surface area contributed by atoms with Crippen LogP contribution in [0.25, 0.3) is 10.9 Å². The molecule has 0 aliphatic heterocycles. The van der Waals surface area contributed by atoms with Crippen molar-refractivity contribution < 1.29 is 22.7 Å². The van der Waals surface area contributed by atoms with Crippen molar-refractivity contribution in [1.82, 2.24) is 4.98 Å². The van der Waals surface area contributed by atoms with Crippen molar-refractivity contribution in [2.45, 2.75) is 13.3 Å². The Labute approximate surface area is 146 Å². The lowest BCUT2D eigenvalue weighted by molar-refractivity contribution is -0.274. The van der Waals surface area contributed by atoms with Gasteiger partial charge in [0.1, 0.15) is 5.75 Å². The Morgan fingerprint density at radius 3 is 2.42 bits per heavy atom. The Balaban J connectivity index is 1.72. The number of hydrogen-bond donors (Lipinski definition) is 2. The molecule has 0 atom stereocenters. The van der Waals surface area contributed by atoms with Crippen LogP contribution in [0, 0.1) is 6.92 Å². The molecule has 0 aliphatic carbocycles. The summed E-state index contributed by atoms with van der Waals surface area (Å²) in [5.41, 5.74) is 2.40. The zero-order valence-electron chi connectivity index (χ0n) is 13.6. The van der Waals surface area contributed by atoms with Crippen LogP contribution >= 0.6 is 0 Å². The van der Waals surface area contributed by atoms with Crippen LogP contribution in [0.4, 0.5) is 29.3 Å². The number of pyridine rings is 1. The van der Waals surface area contributed by atoms with Gasteiger partial charge in [0.05, 0.1) is 11.2 Å². The molecule has 134 valence electrons. The SMILES string of the molecule is Cc1cc(NC(=O)Nc2ccc(OC(F)(F)F)cc2)c2ccccc2n1. The van der Waals surface area contributed by atoms with Gasteiger partial charge in [-0.15, -0.1) is 13.2 Å². The van der Waals surface area contributed by atoms with Gasteiger partial charge >= 0.3 is 12.4 Å². The summed E-state index contributed by atoms with van der Waals surface area (Å²) in [6.45, 7) is 1.81. The van der Waals surface area contributed by atoms with E-state index < -0.39 is 12.4 Å². The smallest absolute Gasteiger partial charge is 0.406 e. The number of anilines is 2. The number of hydrogen-bond acceptors (Lipinski definition) is 3. The van der Waals surface area contributed by atoms with Crippen molar-refractivity contribution in [2.75, 3.05) is 10.6 Å². The van der Waals surface area contributed by atoms with Gasteiger partial charge in [-0.1, -0.05) is 18.2 Å². The third-order valence-corrected chi connectivity index (χ3v) is 3.44. The number of amides is 2. The predicted octanol–water partition coefficient (Wildman–Crippen LogP) is 5.09. The highest BCUT2D eigenvalue weighted by Crippen LogP contribution is 2.25. The van der Waals surface area contributed by atoms with E-state index in [0.717, 1.165) is 28.7 Å². The number of benzene rings is 2. The van der Waals surface area contributed by atoms with Gasteiger partial charge in [0, 0.05) is 16.8 Å². The quantitative estimate of drug-likeness (QED) is 0.683. The zero-order chi connectivity index (χ0) is 18.7. The number of fused-ring (bicyclic) bond motifs is 1. The minimum absolute atomic E-state index is 0.326. The van der Waals surface area contributed by atoms with Gasteiger partial charge in [-0.3, -0.25) is 4.98 Å². The summed E-state index contributed by atoms with van der Waals surface area (Å²) in [7, 11) is 0. The Morgan fingerprint density at radius 2 is 1.73 bits per heavy atom. The average molecular weight is 361 g/mol. The zero-order valence-corrected chi connectivity index (χ0v) is 13.6. The summed E-state index contributed by atoms with van der Waals surface area (Å²) in [5, 5.41) is 6.06. The minimum atomic E-state index is -4.76. The van der Waals surface area contributed by atoms with Crippen molar-refractivity contribution in [2.24, 2.45) is 0 Å². The largest absolute Gasteiger partial charge is 0.573 e. The van der Waals surface area contributed by atoms with E-state index >= 15 is 0 Å². The molecular formula is C18H14F3N3O2. The molecule has 3 aromatic rings. The van der Waals surface area contributed by atoms with Crippen molar-refractivity contribution in [3.8, 4) is 5.75 Å². The second kappa shape index (κ2) is 6.91. The molecule has 2 aromatic carbocycles. The maximum Gasteiger partial charge on any atom is 0.573 e. The number of halogens is 3. The molecule has 0 spiro atoms. The molecule has 2 amide bonds. The van der Waals surface area contributed by atoms with Gasteiger partial charge in [-0.25, -0.2) is 4.79 Å². The lowest BCUT2D eigenvalue weighted by Crippen LogP contribution is -2.20. The number of ether oxygens (including phenoxy) is 1. The molecule has 0 fully saturated rings. The monoisotopic (exact) mass is 361 g/mol. The fourth-order valence-electron chi connectivity index (χ4n) is 2.44. The number of nitrogens with zero attached hydrogens (tertiary/aromatic N) is 1. The van der Waals surface area contributed by atoms with Crippen molar-refractivity contribution in [1.29, 1.82) is 0 Å². The van der Waals surface area contributed by atoms with E-state index in [-0.39, 0.29) is 5.75 Å². The number of aryl methyl sites for hydroxylation is 1. The number of alkyl halides is 3. The third-order valence-electron chi connectivity index (χ3n) is 3.44. The van der Waals surface area contributed by atoms with Crippen LogP contribution in [0.5, 0.6) is 5.75 Å². The lowest BCUT2D eigenvalue weighted by Gasteiger charge is -2.12. The highest BCUT2D eigenvalue weighted by Gasteiger charge is 2.30. The topological polar surface area (TPSA) is 63.2 Å². The highest BCUT2D eigenvalue weighted by atomic mass is 19.4. The van der Waals surface area contributed by atoms with Crippen LogP contribution in [0.1, 0.15) is 5.69 Å². The summed E-state index contributed by atoms with van der Waals surface area (Å²) in [4.78, 5) is 16.6. The second-order valence-corrected chi connectivity index (χ2v) is 5.48. The summed E-state index contributed by atoms with van der Waals surface area (Å²) in [5.74, 6) is -0.362. The van der Waals surface area contributed by atoms with Crippen LogP contribution in [-0.4, -0.2) is 17.4 Å². The third kappa shape index (κ3) is 4.41. The first-order chi connectivity index (χ1) is 12.3. The summed E-state index contributed by atoms with van der Waals surface area (Å²) < 4.78 is 40.2. The standard InChI is InChI=1S/C18H14F3N3O2/c1-11-10-16(14-4-2-3-5-15(14)22-11)24-17(25)23-12-6-8-13(9-7-12)26-18(19,20)21/h2-10H,1H3,(H2,22,23,24,25). The molecule has 1 heterocycles. The summed E-state index contributed by atoms with van der Waals surface area (Å²) in [6.07, 6.45) is -4.76. The maximum atomic E-state index is 12.2. The Hall–Kier alpha value is -3.29. The number of para-hydroxylation sites is 1. The summed E-state index contributed by atoms with van der Waals surface area (Å²) in [6, 6.07) is 13.4. The van der Waals surface area contributed by atoms with E-state index in [9.17, 15) is 18.0 Å². The molecule has 8 heteroatoms. The van der Waals surface area contributed by atoms with Crippen LogP contribution in [0.2, 0.25) is 0 Å². The molecule has 2 N–H and O–H groups in total. The fraction of sp³-hybridized carbons (Fsp3) is 0.111. The highest BCUT2D eigenvalue weighted by molar-refractivity contribution is 6.05. The van der Waals surface area contributed by atoms with Gasteiger partial charge < -0.3 is 15.4 Å². The van der Waals surface area contributed by atoms with Gasteiger partial charge in [-0.2, -0.15) is 0 Å².